The maximum Gasteiger partial charge on any atom is 0.280 e. The van der Waals surface area contributed by atoms with Gasteiger partial charge in [0.15, 0.2) is 0 Å². The molecule has 0 saturated heterocycles. The molecule has 30 heavy (non-hydrogen) atoms. The molecule has 4 rings (SSSR count). The van der Waals surface area contributed by atoms with Crippen LogP contribution in [-0.2, 0) is 4.79 Å². The van der Waals surface area contributed by atoms with Crippen molar-refractivity contribution in [1.82, 2.24) is 0 Å². The van der Waals surface area contributed by atoms with Crippen LogP contribution >= 0.6 is 11.6 Å². The van der Waals surface area contributed by atoms with Crippen LogP contribution in [0.3, 0.4) is 0 Å². The van der Waals surface area contributed by atoms with Crippen LogP contribution in [0.5, 0.6) is 5.75 Å². The van der Waals surface area contributed by atoms with Crippen molar-refractivity contribution in [2.45, 2.75) is 6.92 Å². The number of rotatable bonds is 4. The van der Waals surface area contributed by atoms with E-state index in [1.54, 1.807) is 43.3 Å². The molecule has 0 aliphatic carbocycles. The summed E-state index contributed by atoms with van der Waals surface area (Å²) in [6.07, 6.45) is 1.53. The smallest absolute Gasteiger partial charge is 0.280 e. The zero-order valence-corrected chi connectivity index (χ0v) is 16.3. The summed E-state index contributed by atoms with van der Waals surface area (Å²) in [7, 11) is 0. The normalized spacial score (nSPS) is 15.0. The second kappa shape index (κ2) is 7.49. The summed E-state index contributed by atoms with van der Waals surface area (Å²) in [5.74, 6) is 0.0680. The highest BCUT2D eigenvalue weighted by atomic mass is 35.5. The number of carbonyl (C=O) groups excluding carboxylic acids is 1. The van der Waals surface area contributed by atoms with Crippen molar-refractivity contribution in [2.75, 3.05) is 5.01 Å². The van der Waals surface area contributed by atoms with Crippen molar-refractivity contribution in [3.8, 4) is 17.1 Å². The topological polar surface area (TPSA) is 109 Å². The summed E-state index contributed by atoms with van der Waals surface area (Å²) in [5.41, 5.74) is 1.37. The summed E-state index contributed by atoms with van der Waals surface area (Å²) in [6, 6.07) is 13.6. The third kappa shape index (κ3) is 3.56. The lowest BCUT2D eigenvalue weighted by Crippen LogP contribution is -2.21. The highest BCUT2D eigenvalue weighted by molar-refractivity contribution is 6.33. The Bertz CT molecular complexity index is 1240. The average molecular weight is 424 g/mol. The Kier molecular flexibility index (Phi) is 4.85. The minimum atomic E-state index is -0.559. The largest absolute Gasteiger partial charge is 0.507 e. The maximum absolute atomic E-state index is 12.8. The van der Waals surface area contributed by atoms with Gasteiger partial charge in [0.25, 0.3) is 11.6 Å². The van der Waals surface area contributed by atoms with E-state index in [4.69, 9.17) is 16.0 Å². The number of phenols is 1. The maximum atomic E-state index is 12.8. The van der Waals surface area contributed by atoms with Gasteiger partial charge < -0.3 is 9.52 Å². The molecule has 1 N–H and O–H groups in total. The first kappa shape index (κ1) is 19.4. The molecule has 9 heteroatoms. The molecule has 0 unspecified atom stereocenters. The van der Waals surface area contributed by atoms with Crippen molar-refractivity contribution in [2.24, 2.45) is 5.10 Å². The second-order valence-corrected chi connectivity index (χ2v) is 6.94. The van der Waals surface area contributed by atoms with E-state index in [9.17, 15) is 20.0 Å². The molecule has 0 fully saturated rings. The molecular formula is C21H14ClN3O5. The molecule has 8 nitrogen and oxygen atoms in total. The second-order valence-electron chi connectivity index (χ2n) is 6.50. The highest BCUT2D eigenvalue weighted by Gasteiger charge is 2.29. The minimum Gasteiger partial charge on any atom is -0.507 e. The summed E-state index contributed by atoms with van der Waals surface area (Å²) in [5, 5.41) is 27.1. The van der Waals surface area contributed by atoms with Crippen molar-refractivity contribution in [3.63, 3.8) is 0 Å². The Labute approximate surface area is 175 Å². The lowest BCUT2D eigenvalue weighted by atomic mass is 10.1. The van der Waals surface area contributed by atoms with E-state index < -0.39 is 4.92 Å². The zero-order chi connectivity index (χ0) is 21.4. The fraction of sp³-hybridized carbons (Fsp3) is 0.0476. The van der Waals surface area contributed by atoms with Crippen LogP contribution in [0.2, 0.25) is 5.02 Å². The number of carbonyl (C=O) groups is 1. The van der Waals surface area contributed by atoms with Gasteiger partial charge in [-0.05, 0) is 49.4 Å². The van der Waals surface area contributed by atoms with Gasteiger partial charge in [-0.15, -0.1) is 0 Å². The molecule has 2 heterocycles. The van der Waals surface area contributed by atoms with Gasteiger partial charge in [0, 0.05) is 17.2 Å². The number of nitro benzene ring substituents is 1. The summed E-state index contributed by atoms with van der Waals surface area (Å²) < 4.78 is 5.70. The molecule has 0 radical (unpaired) electrons. The molecule has 2 aromatic carbocycles. The number of benzene rings is 2. The fourth-order valence-electron chi connectivity index (χ4n) is 3.02. The molecule has 1 aliphatic heterocycles. The Morgan fingerprint density at radius 1 is 1.20 bits per heavy atom. The van der Waals surface area contributed by atoms with E-state index in [2.05, 4.69) is 5.10 Å². The van der Waals surface area contributed by atoms with Gasteiger partial charge in [-0.25, -0.2) is 0 Å². The molecule has 0 saturated carbocycles. The molecule has 150 valence electrons. The highest BCUT2D eigenvalue weighted by Crippen LogP contribution is 2.34. The van der Waals surface area contributed by atoms with E-state index >= 15 is 0 Å². The number of hydrazone groups is 1. The number of hydrogen-bond donors (Lipinski definition) is 1. The van der Waals surface area contributed by atoms with Gasteiger partial charge in [0.1, 0.15) is 17.3 Å². The van der Waals surface area contributed by atoms with Gasteiger partial charge in [-0.1, -0.05) is 17.7 Å². The number of halogens is 1. The van der Waals surface area contributed by atoms with Crippen molar-refractivity contribution >= 4 is 40.7 Å². The van der Waals surface area contributed by atoms with Crippen LogP contribution in [0.15, 0.2) is 69.7 Å². The Morgan fingerprint density at radius 2 is 2.00 bits per heavy atom. The third-order valence-corrected chi connectivity index (χ3v) is 4.72. The number of non-ortho nitro benzene ring substituents is 1. The van der Waals surface area contributed by atoms with Crippen LogP contribution in [0.25, 0.3) is 17.4 Å². The van der Waals surface area contributed by atoms with Crippen LogP contribution in [0.4, 0.5) is 11.4 Å². The predicted molar refractivity (Wildman–Crippen MR) is 112 cm³/mol. The quantitative estimate of drug-likeness (QED) is 0.360. The molecule has 1 aromatic heterocycles. The van der Waals surface area contributed by atoms with E-state index in [1.165, 1.54) is 29.3 Å². The average Bonchev–Trinajstić information content (AvgIpc) is 3.28. The molecular weight excluding hydrogens is 410 g/mol. The summed E-state index contributed by atoms with van der Waals surface area (Å²) >= 11 is 6.00. The van der Waals surface area contributed by atoms with Crippen LogP contribution in [0.1, 0.15) is 12.7 Å². The Balaban J connectivity index is 1.65. The van der Waals surface area contributed by atoms with Gasteiger partial charge in [-0.3, -0.25) is 14.9 Å². The van der Waals surface area contributed by atoms with Crippen LogP contribution in [-0.4, -0.2) is 21.6 Å². The van der Waals surface area contributed by atoms with Gasteiger partial charge >= 0.3 is 0 Å². The number of aromatic hydroxyl groups is 1. The molecule has 0 atom stereocenters. The summed E-state index contributed by atoms with van der Waals surface area (Å²) in [4.78, 5) is 23.3. The van der Waals surface area contributed by atoms with E-state index in [1.807, 2.05) is 0 Å². The predicted octanol–water partition coefficient (Wildman–Crippen LogP) is 5.02. The lowest BCUT2D eigenvalue weighted by molar-refractivity contribution is -0.384. The van der Waals surface area contributed by atoms with Crippen LogP contribution in [0, 0.1) is 10.1 Å². The Hall–Kier alpha value is -3.91. The number of furan rings is 1. The molecule has 1 aliphatic rings. The van der Waals surface area contributed by atoms with E-state index in [0.29, 0.717) is 27.8 Å². The van der Waals surface area contributed by atoms with Crippen LogP contribution < -0.4 is 5.01 Å². The zero-order valence-electron chi connectivity index (χ0n) is 15.6. The number of nitrogens with zero attached hydrogens (tertiary/aromatic N) is 3. The Morgan fingerprint density at radius 3 is 2.73 bits per heavy atom. The third-order valence-electron chi connectivity index (χ3n) is 4.49. The monoisotopic (exact) mass is 423 g/mol. The minimum absolute atomic E-state index is 0.157. The first-order chi connectivity index (χ1) is 14.3. The fourth-order valence-corrected chi connectivity index (χ4v) is 3.20. The number of hydrogen-bond acceptors (Lipinski definition) is 6. The number of phenolic OH excluding ortho intramolecular Hbond substituents is 1. The van der Waals surface area contributed by atoms with Gasteiger partial charge in [-0.2, -0.15) is 10.1 Å². The number of amides is 1. The van der Waals surface area contributed by atoms with Crippen molar-refractivity contribution < 1.29 is 19.2 Å². The van der Waals surface area contributed by atoms with Gasteiger partial charge in [0.05, 0.1) is 27.5 Å². The molecule has 3 aromatic rings. The van der Waals surface area contributed by atoms with E-state index in [-0.39, 0.29) is 28.7 Å². The molecule has 1 amide bonds. The summed E-state index contributed by atoms with van der Waals surface area (Å²) in [6.45, 7) is 1.70. The van der Waals surface area contributed by atoms with Crippen molar-refractivity contribution in [1.29, 1.82) is 0 Å². The first-order valence-electron chi connectivity index (χ1n) is 8.78. The number of nitro groups is 1. The lowest BCUT2D eigenvalue weighted by Gasteiger charge is -2.11. The van der Waals surface area contributed by atoms with Crippen molar-refractivity contribution in [3.05, 3.63) is 81.1 Å². The molecule has 0 spiro atoms. The standard InChI is InChI=1S/C21H14ClN3O5/c1-12-17(21(27)24(23-12)14-4-2-3-13(22)9-14)11-16-6-8-20(30-16)18-10-15(25(28)29)5-7-19(18)26/h2-11,26H,1H3/b17-11+. The van der Waals surface area contributed by atoms with E-state index in [0.717, 1.165) is 0 Å². The first-order valence-corrected chi connectivity index (χ1v) is 9.16. The number of anilines is 1. The SMILES string of the molecule is CC1=NN(c2cccc(Cl)c2)C(=O)/C1=C/c1ccc(-c2cc([N+](=O)[O-])ccc2O)o1. The van der Waals surface area contributed by atoms with Gasteiger partial charge in [0.2, 0.25) is 0 Å². The molecule has 0 bridgehead atoms.